The summed E-state index contributed by atoms with van der Waals surface area (Å²) >= 11 is 0. The normalized spacial score (nSPS) is 9.91. The predicted molar refractivity (Wildman–Crippen MR) is 80.3 cm³/mol. The molecule has 0 bridgehead atoms. The van der Waals surface area contributed by atoms with Crippen molar-refractivity contribution in [3.05, 3.63) is 47.8 Å². The molecule has 7 heteroatoms. The minimum absolute atomic E-state index is 0.125. The van der Waals surface area contributed by atoms with E-state index in [1.807, 2.05) is 0 Å². The van der Waals surface area contributed by atoms with Crippen molar-refractivity contribution in [1.82, 2.24) is 4.98 Å². The molecule has 22 heavy (non-hydrogen) atoms. The monoisotopic (exact) mass is 301 g/mol. The average molecular weight is 301 g/mol. The zero-order valence-corrected chi connectivity index (χ0v) is 12.1. The molecule has 2 amide bonds. The summed E-state index contributed by atoms with van der Waals surface area (Å²) in [7, 11) is 2.90. The molecule has 1 aromatic heterocycles. The van der Waals surface area contributed by atoms with E-state index in [1.54, 1.807) is 12.1 Å². The molecular formula is C15H15N3O4. The van der Waals surface area contributed by atoms with Gasteiger partial charge < -0.3 is 20.5 Å². The summed E-state index contributed by atoms with van der Waals surface area (Å²) in [6.45, 7) is 0. The average Bonchev–Trinajstić information content (AvgIpc) is 2.54. The fourth-order valence-corrected chi connectivity index (χ4v) is 1.88. The van der Waals surface area contributed by atoms with Gasteiger partial charge in [-0.2, -0.15) is 0 Å². The van der Waals surface area contributed by atoms with E-state index in [-0.39, 0.29) is 11.3 Å². The zero-order valence-electron chi connectivity index (χ0n) is 12.1. The summed E-state index contributed by atoms with van der Waals surface area (Å²) in [6.07, 6.45) is 3.00. The Balaban J connectivity index is 2.41. The molecule has 7 nitrogen and oxygen atoms in total. The van der Waals surface area contributed by atoms with Gasteiger partial charge in [0.2, 0.25) is 0 Å². The van der Waals surface area contributed by atoms with Gasteiger partial charge in [-0.05, 0) is 18.2 Å². The third-order valence-electron chi connectivity index (χ3n) is 2.98. The Bertz CT molecular complexity index is 701. The molecule has 0 fully saturated rings. The number of primary amides is 1. The number of pyridine rings is 1. The lowest BCUT2D eigenvalue weighted by atomic mass is 10.1. The van der Waals surface area contributed by atoms with E-state index in [0.29, 0.717) is 17.1 Å². The van der Waals surface area contributed by atoms with E-state index in [0.717, 1.165) is 0 Å². The first kappa shape index (κ1) is 15.3. The number of benzene rings is 1. The number of ether oxygens (including phenoxy) is 2. The highest BCUT2D eigenvalue weighted by Gasteiger charge is 2.17. The Labute approximate surface area is 127 Å². The molecular weight excluding hydrogens is 286 g/mol. The standard InChI is InChI=1S/C15H15N3O4/c1-21-12-7-10(14(16)19)11(8-13(12)22-2)18-15(20)9-3-5-17-6-4-9/h3-8H,1-2H3,(H2,16,19)(H,18,20). The van der Waals surface area contributed by atoms with Gasteiger partial charge in [-0.15, -0.1) is 0 Å². The minimum Gasteiger partial charge on any atom is -0.493 e. The molecule has 1 heterocycles. The molecule has 0 saturated carbocycles. The van der Waals surface area contributed by atoms with Crippen molar-refractivity contribution < 1.29 is 19.1 Å². The number of rotatable bonds is 5. The van der Waals surface area contributed by atoms with Gasteiger partial charge in [0, 0.05) is 24.0 Å². The lowest BCUT2D eigenvalue weighted by Gasteiger charge is -2.14. The largest absolute Gasteiger partial charge is 0.493 e. The van der Waals surface area contributed by atoms with Crippen LogP contribution in [0.4, 0.5) is 5.69 Å². The second-order valence-electron chi connectivity index (χ2n) is 4.31. The van der Waals surface area contributed by atoms with Crippen LogP contribution in [0.5, 0.6) is 11.5 Å². The molecule has 3 N–H and O–H groups in total. The number of aromatic nitrogens is 1. The summed E-state index contributed by atoms with van der Waals surface area (Å²) < 4.78 is 10.3. The van der Waals surface area contributed by atoms with Crippen molar-refractivity contribution in [2.75, 3.05) is 19.5 Å². The van der Waals surface area contributed by atoms with Crippen molar-refractivity contribution in [2.45, 2.75) is 0 Å². The molecule has 0 unspecified atom stereocenters. The first-order valence-corrected chi connectivity index (χ1v) is 6.34. The lowest BCUT2D eigenvalue weighted by molar-refractivity contribution is 0.100. The van der Waals surface area contributed by atoms with E-state index in [4.69, 9.17) is 15.2 Å². The molecule has 2 rings (SSSR count). The SMILES string of the molecule is COc1cc(NC(=O)c2ccncc2)c(C(N)=O)cc1OC. The fraction of sp³-hybridized carbons (Fsp3) is 0.133. The van der Waals surface area contributed by atoms with E-state index >= 15 is 0 Å². The van der Waals surface area contributed by atoms with Crippen LogP contribution in [0.25, 0.3) is 0 Å². The number of nitrogens with zero attached hydrogens (tertiary/aromatic N) is 1. The Hall–Kier alpha value is -3.09. The third-order valence-corrected chi connectivity index (χ3v) is 2.98. The molecule has 0 radical (unpaired) electrons. The summed E-state index contributed by atoms with van der Waals surface area (Å²) in [5, 5.41) is 2.63. The Kier molecular flexibility index (Phi) is 4.57. The highest BCUT2D eigenvalue weighted by atomic mass is 16.5. The third kappa shape index (κ3) is 3.14. The fourth-order valence-electron chi connectivity index (χ4n) is 1.88. The van der Waals surface area contributed by atoms with Crippen LogP contribution in [0.3, 0.4) is 0 Å². The number of methoxy groups -OCH3 is 2. The van der Waals surface area contributed by atoms with E-state index in [2.05, 4.69) is 10.3 Å². The Morgan fingerprint density at radius 1 is 1.09 bits per heavy atom. The first-order valence-electron chi connectivity index (χ1n) is 6.34. The number of carbonyl (C=O) groups is 2. The van der Waals surface area contributed by atoms with Gasteiger partial charge in [-0.25, -0.2) is 0 Å². The summed E-state index contributed by atoms with van der Waals surface area (Å²) in [4.78, 5) is 27.6. The number of carbonyl (C=O) groups excluding carboxylic acids is 2. The van der Waals surface area contributed by atoms with Crippen molar-refractivity contribution >= 4 is 17.5 Å². The van der Waals surface area contributed by atoms with Crippen LogP contribution in [0.1, 0.15) is 20.7 Å². The quantitative estimate of drug-likeness (QED) is 0.870. The van der Waals surface area contributed by atoms with Crippen molar-refractivity contribution in [3.63, 3.8) is 0 Å². The van der Waals surface area contributed by atoms with E-state index < -0.39 is 11.8 Å². The van der Waals surface area contributed by atoms with Crippen LogP contribution in [0.15, 0.2) is 36.7 Å². The van der Waals surface area contributed by atoms with E-state index in [1.165, 1.54) is 38.7 Å². The molecule has 114 valence electrons. The molecule has 2 aromatic rings. The molecule has 1 aromatic carbocycles. The zero-order chi connectivity index (χ0) is 16.1. The van der Waals surface area contributed by atoms with Crippen LogP contribution in [0.2, 0.25) is 0 Å². The summed E-state index contributed by atoms with van der Waals surface area (Å²) in [5.41, 5.74) is 6.12. The van der Waals surface area contributed by atoms with Gasteiger partial charge in [0.15, 0.2) is 11.5 Å². The molecule has 0 aliphatic carbocycles. The molecule has 0 saturated heterocycles. The van der Waals surface area contributed by atoms with Gasteiger partial charge in [0.1, 0.15) is 0 Å². The molecule has 0 atom stereocenters. The maximum atomic E-state index is 12.2. The Morgan fingerprint density at radius 2 is 1.68 bits per heavy atom. The van der Waals surface area contributed by atoms with Crippen LogP contribution in [0, 0.1) is 0 Å². The predicted octanol–water partition coefficient (Wildman–Crippen LogP) is 1.45. The first-order chi connectivity index (χ1) is 10.6. The number of amides is 2. The minimum atomic E-state index is -0.689. The van der Waals surface area contributed by atoms with Crippen molar-refractivity contribution in [3.8, 4) is 11.5 Å². The maximum Gasteiger partial charge on any atom is 0.255 e. The number of hydrogen-bond acceptors (Lipinski definition) is 5. The van der Waals surface area contributed by atoms with Gasteiger partial charge in [-0.1, -0.05) is 0 Å². The van der Waals surface area contributed by atoms with Crippen LogP contribution in [-0.2, 0) is 0 Å². The molecule has 0 aliphatic rings. The van der Waals surface area contributed by atoms with Crippen LogP contribution < -0.4 is 20.5 Å². The van der Waals surface area contributed by atoms with E-state index in [9.17, 15) is 9.59 Å². The van der Waals surface area contributed by atoms with Crippen LogP contribution >= 0.6 is 0 Å². The maximum absolute atomic E-state index is 12.2. The van der Waals surface area contributed by atoms with Crippen molar-refractivity contribution in [2.24, 2.45) is 5.73 Å². The van der Waals surface area contributed by atoms with Gasteiger partial charge in [0.25, 0.3) is 11.8 Å². The summed E-state index contributed by atoms with van der Waals surface area (Å²) in [5.74, 6) is -0.362. The van der Waals surface area contributed by atoms with Crippen LogP contribution in [-0.4, -0.2) is 31.0 Å². The Morgan fingerprint density at radius 3 is 2.23 bits per heavy atom. The van der Waals surface area contributed by atoms with Gasteiger partial charge in [-0.3, -0.25) is 14.6 Å². The second-order valence-corrected chi connectivity index (χ2v) is 4.31. The highest BCUT2D eigenvalue weighted by Crippen LogP contribution is 2.33. The lowest BCUT2D eigenvalue weighted by Crippen LogP contribution is -2.18. The summed E-state index contributed by atoms with van der Waals surface area (Å²) in [6, 6.07) is 6.02. The molecule has 0 aliphatic heterocycles. The second kappa shape index (κ2) is 6.57. The number of nitrogens with two attached hydrogens (primary N) is 1. The number of hydrogen-bond donors (Lipinski definition) is 2. The number of nitrogens with one attached hydrogen (secondary N) is 1. The van der Waals surface area contributed by atoms with Gasteiger partial charge in [0.05, 0.1) is 25.5 Å². The van der Waals surface area contributed by atoms with Gasteiger partial charge >= 0.3 is 0 Å². The van der Waals surface area contributed by atoms with Crippen molar-refractivity contribution in [1.29, 1.82) is 0 Å². The molecule has 0 spiro atoms. The topological polar surface area (TPSA) is 104 Å². The highest BCUT2D eigenvalue weighted by molar-refractivity contribution is 6.09. The number of anilines is 1. The smallest absolute Gasteiger partial charge is 0.255 e.